The first kappa shape index (κ1) is 16.5. The van der Waals surface area contributed by atoms with Crippen LogP contribution < -0.4 is 0 Å². The van der Waals surface area contributed by atoms with Crippen molar-refractivity contribution >= 4 is 11.3 Å². The summed E-state index contributed by atoms with van der Waals surface area (Å²) in [5.74, 6) is 1.19. The summed E-state index contributed by atoms with van der Waals surface area (Å²) in [6.07, 6.45) is -0.153. The zero-order valence-corrected chi connectivity index (χ0v) is 14.6. The lowest BCUT2D eigenvalue weighted by Gasteiger charge is -2.30. The fraction of sp³-hybridized carbons (Fsp3) is 0.625. The first-order chi connectivity index (χ1) is 11.0. The maximum atomic E-state index is 13.9. The van der Waals surface area contributed by atoms with Gasteiger partial charge in [0.1, 0.15) is 6.17 Å². The number of aromatic nitrogens is 2. The van der Waals surface area contributed by atoms with Gasteiger partial charge in [0.15, 0.2) is 0 Å². The van der Waals surface area contributed by atoms with Gasteiger partial charge in [0, 0.05) is 37.5 Å². The maximum Gasteiger partial charge on any atom is 0.233 e. The zero-order chi connectivity index (χ0) is 16.4. The quantitative estimate of drug-likeness (QED) is 0.810. The number of alkyl halides is 1. The van der Waals surface area contributed by atoms with E-state index in [1.54, 1.807) is 18.3 Å². The molecule has 23 heavy (non-hydrogen) atoms. The number of aryl methyl sites for hydroxylation is 1. The van der Waals surface area contributed by atoms with Gasteiger partial charge in [-0.2, -0.15) is 0 Å². The standard InChI is InChI=1S/C16H23FN4OS/c1-11(16-19-18-12(2)22-16)20(3)9-14-7-13(17)8-21(14)10-15-5-4-6-23-15/h4-6,11,13-14H,7-10H2,1-3H3/t11-,13+,14+/m1/s1. The first-order valence-corrected chi connectivity index (χ1v) is 8.81. The molecule has 2 aromatic rings. The molecule has 0 N–H and O–H groups in total. The Kier molecular flexibility index (Phi) is 5.08. The Bertz CT molecular complexity index is 617. The van der Waals surface area contributed by atoms with E-state index in [4.69, 9.17) is 4.42 Å². The lowest BCUT2D eigenvalue weighted by Crippen LogP contribution is -2.39. The minimum absolute atomic E-state index is 0.0263. The first-order valence-electron chi connectivity index (χ1n) is 7.93. The number of nitrogens with zero attached hydrogens (tertiary/aromatic N) is 4. The molecule has 7 heteroatoms. The molecule has 0 radical (unpaired) electrons. The molecule has 2 aromatic heterocycles. The minimum Gasteiger partial charge on any atom is -0.424 e. The Morgan fingerprint density at radius 3 is 3.00 bits per heavy atom. The van der Waals surface area contributed by atoms with Gasteiger partial charge < -0.3 is 4.42 Å². The third-order valence-corrected chi connectivity index (χ3v) is 5.34. The van der Waals surface area contributed by atoms with E-state index in [0.29, 0.717) is 24.7 Å². The fourth-order valence-corrected chi connectivity index (χ4v) is 3.80. The molecule has 1 saturated heterocycles. The highest BCUT2D eigenvalue weighted by atomic mass is 32.1. The van der Waals surface area contributed by atoms with Crippen LogP contribution >= 0.6 is 11.3 Å². The second-order valence-electron chi connectivity index (χ2n) is 6.27. The average molecular weight is 338 g/mol. The van der Waals surface area contributed by atoms with Crippen molar-refractivity contribution in [3.8, 4) is 0 Å². The van der Waals surface area contributed by atoms with Crippen LogP contribution in [0.2, 0.25) is 0 Å². The summed E-state index contributed by atoms with van der Waals surface area (Å²) in [4.78, 5) is 5.70. The Morgan fingerprint density at radius 1 is 1.52 bits per heavy atom. The summed E-state index contributed by atoms with van der Waals surface area (Å²) in [7, 11) is 2.03. The summed E-state index contributed by atoms with van der Waals surface area (Å²) in [6.45, 7) is 5.96. The van der Waals surface area contributed by atoms with E-state index in [0.717, 1.165) is 13.1 Å². The molecule has 1 fully saturated rings. The highest BCUT2D eigenvalue weighted by molar-refractivity contribution is 7.09. The molecule has 0 amide bonds. The molecule has 5 nitrogen and oxygen atoms in total. The van der Waals surface area contributed by atoms with Gasteiger partial charge in [-0.05, 0) is 31.8 Å². The molecule has 0 aliphatic carbocycles. The van der Waals surface area contributed by atoms with Crippen molar-refractivity contribution in [1.29, 1.82) is 0 Å². The third kappa shape index (κ3) is 3.97. The fourth-order valence-electron chi connectivity index (χ4n) is 3.07. The lowest BCUT2D eigenvalue weighted by atomic mass is 10.1. The molecule has 3 atom stereocenters. The lowest BCUT2D eigenvalue weighted by molar-refractivity contribution is 0.148. The van der Waals surface area contributed by atoms with Crippen molar-refractivity contribution in [2.24, 2.45) is 0 Å². The van der Waals surface area contributed by atoms with E-state index in [1.807, 2.05) is 20.0 Å². The van der Waals surface area contributed by atoms with E-state index in [2.05, 4.69) is 31.4 Å². The van der Waals surface area contributed by atoms with Gasteiger partial charge in [-0.1, -0.05) is 6.07 Å². The van der Waals surface area contributed by atoms with Crippen LogP contribution in [-0.4, -0.2) is 52.3 Å². The van der Waals surface area contributed by atoms with Crippen molar-refractivity contribution in [3.05, 3.63) is 34.2 Å². The van der Waals surface area contributed by atoms with Gasteiger partial charge in [0.25, 0.3) is 0 Å². The summed E-state index contributed by atoms with van der Waals surface area (Å²) < 4.78 is 19.4. The van der Waals surface area contributed by atoms with Crippen molar-refractivity contribution < 1.29 is 8.81 Å². The topological polar surface area (TPSA) is 45.4 Å². The largest absolute Gasteiger partial charge is 0.424 e. The molecule has 0 aromatic carbocycles. The van der Waals surface area contributed by atoms with Crippen LogP contribution in [0, 0.1) is 6.92 Å². The monoisotopic (exact) mass is 338 g/mol. The normalized spacial score (nSPS) is 23.7. The molecule has 1 aliphatic heterocycles. The predicted molar refractivity (Wildman–Crippen MR) is 88.1 cm³/mol. The number of thiophene rings is 1. The maximum absolute atomic E-state index is 13.9. The van der Waals surface area contributed by atoms with Gasteiger partial charge in [-0.3, -0.25) is 9.80 Å². The number of hydrogen-bond donors (Lipinski definition) is 0. The Labute approximate surface area is 140 Å². The smallest absolute Gasteiger partial charge is 0.233 e. The number of hydrogen-bond acceptors (Lipinski definition) is 6. The molecule has 0 saturated carbocycles. The Hall–Kier alpha value is -1.31. The van der Waals surface area contributed by atoms with Crippen molar-refractivity contribution in [2.45, 2.75) is 45.1 Å². The molecule has 0 spiro atoms. The average Bonchev–Trinajstić information content (AvgIpc) is 3.22. The molecule has 1 aliphatic rings. The zero-order valence-electron chi connectivity index (χ0n) is 13.8. The Morgan fingerprint density at radius 2 is 2.35 bits per heavy atom. The molecule has 3 rings (SSSR count). The van der Waals surface area contributed by atoms with Crippen molar-refractivity contribution in [3.63, 3.8) is 0 Å². The van der Waals surface area contributed by atoms with Crippen LogP contribution in [0.25, 0.3) is 0 Å². The molecule has 0 unspecified atom stereocenters. The second-order valence-corrected chi connectivity index (χ2v) is 7.30. The Balaban J connectivity index is 1.62. The van der Waals surface area contributed by atoms with Gasteiger partial charge in [-0.15, -0.1) is 21.5 Å². The van der Waals surface area contributed by atoms with Crippen LogP contribution in [0.15, 0.2) is 21.9 Å². The van der Waals surface area contributed by atoms with Crippen LogP contribution in [0.3, 0.4) is 0 Å². The van der Waals surface area contributed by atoms with E-state index in [1.165, 1.54) is 4.88 Å². The van der Waals surface area contributed by atoms with Crippen molar-refractivity contribution in [2.75, 3.05) is 20.1 Å². The predicted octanol–water partition coefficient (Wildman–Crippen LogP) is 3.04. The highest BCUT2D eigenvalue weighted by Gasteiger charge is 2.34. The van der Waals surface area contributed by atoms with E-state index >= 15 is 0 Å². The number of halogens is 1. The van der Waals surface area contributed by atoms with Gasteiger partial charge in [0.05, 0.1) is 6.04 Å². The highest BCUT2D eigenvalue weighted by Crippen LogP contribution is 2.27. The number of likely N-dealkylation sites (tertiary alicyclic amines) is 1. The van der Waals surface area contributed by atoms with Gasteiger partial charge >= 0.3 is 0 Å². The van der Waals surface area contributed by atoms with Crippen LogP contribution in [0.1, 0.15) is 36.0 Å². The van der Waals surface area contributed by atoms with Crippen LogP contribution in [-0.2, 0) is 6.54 Å². The van der Waals surface area contributed by atoms with Crippen molar-refractivity contribution in [1.82, 2.24) is 20.0 Å². The van der Waals surface area contributed by atoms with E-state index in [9.17, 15) is 4.39 Å². The summed E-state index contributed by atoms with van der Waals surface area (Å²) in [5, 5.41) is 10.0. The van der Waals surface area contributed by atoms with Gasteiger partial charge in [-0.25, -0.2) is 4.39 Å². The van der Waals surface area contributed by atoms with Crippen LogP contribution in [0.5, 0.6) is 0 Å². The van der Waals surface area contributed by atoms with E-state index in [-0.39, 0.29) is 12.1 Å². The summed E-state index contributed by atoms with van der Waals surface area (Å²) in [5.41, 5.74) is 0. The molecule has 126 valence electrons. The van der Waals surface area contributed by atoms with E-state index < -0.39 is 6.17 Å². The van der Waals surface area contributed by atoms with Crippen LogP contribution in [0.4, 0.5) is 4.39 Å². The number of rotatable bonds is 6. The van der Waals surface area contributed by atoms with Gasteiger partial charge in [0.2, 0.25) is 11.8 Å². The SMILES string of the molecule is Cc1nnc([C@@H](C)N(C)C[C@@H]2C[C@H](F)CN2Cc2cccs2)o1. The summed E-state index contributed by atoms with van der Waals surface area (Å²) >= 11 is 1.73. The number of likely N-dealkylation sites (N-methyl/N-ethyl adjacent to an activating group) is 1. The summed E-state index contributed by atoms with van der Waals surface area (Å²) in [6, 6.07) is 4.40. The minimum atomic E-state index is -0.741. The molecular formula is C16H23FN4OS. The molecular weight excluding hydrogens is 315 g/mol. The third-order valence-electron chi connectivity index (χ3n) is 4.47. The second kappa shape index (κ2) is 7.07. The molecule has 0 bridgehead atoms. The molecule has 3 heterocycles.